The van der Waals surface area contributed by atoms with Gasteiger partial charge in [0.1, 0.15) is 5.82 Å². The van der Waals surface area contributed by atoms with Crippen molar-refractivity contribution in [3.63, 3.8) is 0 Å². The summed E-state index contributed by atoms with van der Waals surface area (Å²) in [4.78, 5) is 4.72. The summed E-state index contributed by atoms with van der Waals surface area (Å²) >= 11 is 0. The zero-order valence-corrected chi connectivity index (χ0v) is 13.3. The number of nitrogens with zero attached hydrogens (tertiary/aromatic N) is 5. The van der Waals surface area contributed by atoms with E-state index in [1.165, 1.54) is 0 Å². The third-order valence-electron chi connectivity index (χ3n) is 3.72. The molecule has 0 unspecified atom stereocenters. The molecular weight excluding hydrogens is 274 g/mol. The van der Waals surface area contributed by atoms with Gasteiger partial charge in [0.05, 0.1) is 40.0 Å². The van der Waals surface area contributed by atoms with Crippen LogP contribution in [0.1, 0.15) is 33.3 Å². The third-order valence-corrected chi connectivity index (χ3v) is 3.72. The quantitative estimate of drug-likeness (QED) is 0.726. The molecule has 22 heavy (non-hydrogen) atoms. The Hall–Kier alpha value is -2.61. The first-order valence-electron chi connectivity index (χ1n) is 7.40. The highest BCUT2D eigenvalue weighted by Crippen LogP contribution is 2.26. The molecule has 0 amide bonds. The Morgan fingerprint density at radius 3 is 2.64 bits per heavy atom. The van der Waals surface area contributed by atoms with Gasteiger partial charge in [-0.25, -0.2) is 4.98 Å². The normalized spacial score (nSPS) is 11.8. The number of aryl methyl sites for hydroxylation is 1. The van der Waals surface area contributed by atoms with Crippen LogP contribution in [0.15, 0.2) is 30.6 Å². The Kier molecular flexibility index (Phi) is 3.25. The predicted octanol–water partition coefficient (Wildman–Crippen LogP) is 3.55. The van der Waals surface area contributed by atoms with Crippen molar-refractivity contribution in [2.24, 2.45) is 0 Å². The Balaban J connectivity index is 2.18. The molecular formula is C17H19N5. The zero-order chi connectivity index (χ0) is 15.9. The van der Waals surface area contributed by atoms with Gasteiger partial charge in [-0.2, -0.15) is 10.4 Å². The lowest BCUT2D eigenvalue weighted by molar-refractivity contribution is 0.355. The average molecular weight is 293 g/mol. The lowest BCUT2D eigenvalue weighted by Gasteiger charge is -2.18. The van der Waals surface area contributed by atoms with Crippen LogP contribution >= 0.6 is 0 Å². The predicted molar refractivity (Wildman–Crippen MR) is 86.3 cm³/mol. The highest BCUT2D eigenvalue weighted by atomic mass is 15.3. The molecule has 2 heterocycles. The van der Waals surface area contributed by atoms with Crippen molar-refractivity contribution in [2.45, 2.75) is 39.8 Å². The van der Waals surface area contributed by atoms with Gasteiger partial charge in [0.25, 0.3) is 0 Å². The standard InChI is InChI=1S/C17H19N5/c1-5-21-15-7-6-12(9-18)8-14(15)20-16(21)13-10-19-22(11-13)17(2,3)4/h6-8,10-11H,5H2,1-4H3. The van der Waals surface area contributed by atoms with Gasteiger partial charge in [-0.3, -0.25) is 4.68 Å². The van der Waals surface area contributed by atoms with Gasteiger partial charge in [-0.15, -0.1) is 0 Å². The van der Waals surface area contributed by atoms with E-state index in [1.54, 1.807) is 0 Å². The summed E-state index contributed by atoms with van der Waals surface area (Å²) in [6.07, 6.45) is 3.88. The van der Waals surface area contributed by atoms with Gasteiger partial charge < -0.3 is 4.57 Å². The van der Waals surface area contributed by atoms with Gasteiger partial charge in [0.15, 0.2) is 0 Å². The number of aromatic nitrogens is 4. The molecule has 0 aliphatic rings. The molecule has 3 rings (SSSR count). The molecule has 0 N–H and O–H groups in total. The van der Waals surface area contributed by atoms with E-state index in [2.05, 4.69) is 43.4 Å². The second-order valence-corrected chi connectivity index (χ2v) is 6.34. The maximum Gasteiger partial charge on any atom is 0.144 e. The number of hydrogen-bond acceptors (Lipinski definition) is 3. The summed E-state index contributed by atoms with van der Waals surface area (Å²) < 4.78 is 4.10. The maximum absolute atomic E-state index is 9.04. The number of imidazole rings is 1. The molecule has 0 aliphatic carbocycles. The molecule has 3 aromatic rings. The molecule has 1 aromatic carbocycles. The minimum Gasteiger partial charge on any atom is -0.324 e. The molecule has 0 fully saturated rings. The topological polar surface area (TPSA) is 59.4 Å². The summed E-state index contributed by atoms with van der Waals surface area (Å²) in [5.74, 6) is 0.892. The molecule has 0 spiro atoms. The number of benzene rings is 1. The molecule has 112 valence electrons. The highest BCUT2D eigenvalue weighted by molar-refractivity contribution is 5.81. The van der Waals surface area contributed by atoms with Crippen LogP contribution in [0.4, 0.5) is 0 Å². The highest BCUT2D eigenvalue weighted by Gasteiger charge is 2.18. The molecule has 0 saturated carbocycles. The van der Waals surface area contributed by atoms with Crippen LogP contribution in [0, 0.1) is 11.3 Å². The number of fused-ring (bicyclic) bond motifs is 1. The summed E-state index contributed by atoms with van der Waals surface area (Å²) in [5.41, 5.74) is 3.45. The van der Waals surface area contributed by atoms with E-state index in [1.807, 2.05) is 35.3 Å². The van der Waals surface area contributed by atoms with Crippen molar-refractivity contribution in [3.05, 3.63) is 36.2 Å². The SMILES string of the molecule is CCn1c(-c2cnn(C(C)(C)C)c2)nc2cc(C#N)ccc21. The molecule has 0 aliphatic heterocycles. The summed E-state index contributed by atoms with van der Waals surface area (Å²) in [5, 5.41) is 13.5. The maximum atomic E-state index is 9.04. The smallest absolute Gasteiger partial charge is 0.144 e. The fourth-order valence-corrected chi connectivity index (χ4v) is 2.54. The van der Waals surface area contributed by atoms with E-state index in [0.717, 1.165) is 29.0 Å². The fourth-order valence-electron chi connectivity index (χ4n) is 2.54. The second kappa shape index (κ2) is 4.99. The average Bonchev–Trinajstić information content (AvgIpc) is 3.09. The third kappa shape index (κ3) is 2.27. The number of hydrogen-bond donors (Lipinski definition) is 0. The molecule has 0 bridgehead atoms. The Bertz CT molecular complexity index is 871. The van der Waals surface area contributed by atoms with Crippen LogP contribution in [0.3, 0.4) is 0 Å². The van der Waals surface area contributed by atoms with Gasteiger partial charge in [0, 0.05) is 12.7 Å². The Morgan fingerprint density at radius 2 is 2.05 bits per heavy atom. The summed E-state index contributed by atoms with van der Waals surface area (Å²) in [6, 6.07) is 7.79. The molecule has 2 aromatic heterocycles. The van der Waals surface area contributed by atoms with E-state index in [9.17, 15) is 0 Å². The fraction of sp³-hybridized carbons (Fsp3) is 0.353. The van der Waals surface area contributed by atoms with Crippen molar-refractivity contribution in [3.8, 4) is 17.5 Å². The van der Waals surface area contributed by atoms with Crippen molar-refractivity contribution in [1.82, 2.24) is 19.3 Å². The zero-order valence-electron chi connectivity index (χ0n) is 13.3. The minimum atomic E-state index is -0.0602. The van der Waals surface area contributed by atoms with E-state index in [4.69, 9.17) is 10.2 Å². The summed E-state index contributed by atoms with van der Waals surface area (Å²) in [7, 11) is 0. The van der Waals surface area contributed by atoms with E-state index >= 15 is 0 Å². The molecule has 0 radical (unpaired) electrons. The van der Waals surface area contributed by atoms with E-state index in [0.29, 0.717) is 5.56 Å². The lowest BCUT2D eigenvalue weighted by atomic mass is 10.1. The lowest BCUT2D eigenvalue weighted by Crippen LogP contribution is -2.21. The van der Waals surface area contributed by atoms with Crippen molar-refractivity contribution >= 4 is 11.0 Å². The minimum absolute atomic E-state index is 0.0602. The largest absolute Gasteiger partial charge is 0.324 e. The second-order valence-electron chi connectivity index (χ2n) is 6.34. The molecule has 5 nitrogen and oxygen atoms in total. The van der Waals surface area contributed by atoms with Gasteiger partial charge in [-0.05, 0) is 45.9 Å². The van der Waals surface area contributed by atoms with E-state index < -0.39 is 0 Å². The van der Waals surface area contributed by atoms with Crippen molar-refractivity contribution in [1.29, 1.82) is 5.26 Å². The van der Waals surface area contributed by atoms with Crippen LogP contribution < -0.4 is 0 Å². The van der Waals surface area contributed by atoms with Crippen LogP contribution in [-0.2, 0) is 12.1 Å². The van der Waals surface area contributed by atoms with Gasteiger partial charge in [-0.1, -0.05) is 0 Å². The number of rotatable bonds is 2. The monoisotopic (exact) mass is 293 g/mol. The van der Waals surface area contributed by atoms with Crippen LogP contribution in [0.5, 0.6) is 0 Å². The van der Waals surface area contributed by atoms with Crippen molar-refractivity contribution < 1.29 is 0 Å². The Labute approximate surface area is 129 Å². The molecule has 0 atom stereocenters. The first-order chi connectivity index (χ1) is 10.4. The van der Waals surface area contributed by atoms with Crippen molar-refractivity contribution in [2.75, 3.05) is 0 Å². The Morgan fingerprint density at radius 1 is 1.27 bits per heavy atom. The van der Waals surface area contributed by atoms with Gasteiger partial charge >= 0.3 is 0 Å². The summed E-state index contributed by atoms with van der Waals surface area (Å²) in [6.45, 7) is 9.26. The van der Waals surface area contributed by atoms with Crippen LogP contribution in [0.2, 0.25) is 0 Å². The van der Waals surface area contributed by atoms with Crippen LogP contribution in [-0.4, -0.2) is 19.3 Å². The first kappa shape index (κ1) is 14.3. The molecule has 5 heteroatoms. The first-order valence-corrected chi connectivity index (χ1v) is 7.40. The number of nitriles is 1. The van der Waals surface area contributed by atoms with Crippen LogP contribution in [0.25, 0.3) is 22.4 Å². The van der Waals surface area contributed by atoms with E-state index in [-0.39, 0.29) is 5.54 Å². The molecule has 0 saturated heterocycles. The van der Waals surface area contributed by atoms with Gasteiger partial charge in [0.2, 0.25) is 0 Å².